The van der Waals surface area contributed by atoms with E-state index in [1.54, 1.807) is 18.7 Å². The van der Waals surface area contributed by atoms with Crippen molar-refractivity contribution in [3.05, 3.63) is 54.4 Å². The maximum atomic E-state index is 4.83. The number of fused-ring (bicyclic) bond motifs is 1. The summed E-state index contributed by atoms with van der Waals surface area (Å²) in [5, 5.41) is 3.63. The van der Waals surface area contributed by atoms with E-state index >= 15 is 0 Å². The topological polar surface area (TPSA) is 79.7 Å². The van der Waals surface area contributed by atoms with Gasteiger partial charge in [-0.15, -0.1) is 0 Å². The highest BCUT2D eigenvalue weighted by molar-refractivity contribution is 5.60. The number of rotatable bonds is 4. The summed E-state index contributed by atoms with van der Waals surface area (Å²) in [7, 11) is 0. The minimum atomic E-state index is 0.367. The molecule has 1 N–H and O–H groups in total. The molecule has 0 bridgehead atoms. The third kappa shape index (κ3) is 2.75. The average molecular weight is 345 g/mol. The quantitative estimate of drug-likeness (QED) is 0.776. The van der Waals surface area contributed by atoms with E-state index in [-0.39, 0.29) is 0 Å². The molecule has 130 valence electrons. The first-order valence-corrected chi connectivity index (χ1v) is 8.94. The van der Waals surface area contributed by atoms with Gasteiger partial charge in [0.2, 0.25) is 0 Å². The van der Waals surface area contributed by atoms with Crippen molar-refractivity contribution in [2.75, 3.05) is 23.3 Å². The molecule has 3 aromatic heterocycles. The summed E-state index contributed by atoms with van der Waals surface area (Å²) in [6.45, 7) is 1.83. The molecule has 26 heavy (non-hydrogen) atoms. The van der Waals surface area contributed by atoms with Gasteiger partial charge >= 0.3 is 0 Å². The molecular formula is C19H19N7. The Hall–Kier alpha value is -3.09. The molecule has 1 aliphatic carbocycles. The first-order valence-electron chi connectivity index (χ1n) is 8.94. The van der Waals surface area contributed by atoms with Gasteiger partial charge in [-0.25, -0.2) is 19.9 Å². The minimum absolute atomic E-state index is 0.367. The molecule has 1 fully saturated rings. The molecule has 0 atom stereocenters. The van der Waals surface area contributed by atoms with Crippen LogP contribution in [0, 0.1) is 0 Å². The van der Waals surface area contributed by atoms with Crippen molar-refractivity contribution in [3.8, 4) is 11.4 Å². The molecule has 7 heteroatoms. The van der Waals surface area contributed by atoms with Crippen LogP contribution in [0.4, 0.5) is 11.6 Å². The van der Waals surface area contributed by atoms with Gasteiger partial charge in [0.25, 0.3) is 0 Å². The van der Waals surface area contributed by atoms with Crippen LogP contribution in [0.15, 0.2) is 43.1 Å². The molecule has 0 amide bonds. The Morgan fingerprint density at radius 2 is 2.00 bits per heavy atom. The van der Waals surface area contributed by atoms with Gasteiger partial charge in [-0.2, -0.15) is 0 Å². The molecule has 2 aliphatic rings. The zero-order chi connectivity index (χ0) is 17.3. The minimum Gasteiger partial charge on any atom is -0.363 e. The van der Waals surface area contributed by atoms with Crippen LogP contribution in [0.3, 0.4) is 0 Å². The Bertz CT molecular complexity index is 908. The van der Waals surface area contributed by atoms with Crippen LogP contribution < -0.4 is 10.2 Å². The molecule has 5 rings (SSSR count). The lowest BCUT2D eigenvalue weighted by Crippen LogP contribution is -2.55. The summed E-state index contributed by atoms with van der Waals surface area (Å²) in [6.07, 6.45) is 10.2. The van der Waals surface area contributed by atoms with Crippen molar-refractivity contribution in [1.29, 1.82) is 0 Å². The lowest BCUT2D eigenvalue weighted by atomic mass is 10.1. The van der Waals surface area contributed by atoms with Gasteiger partial charge in [-0.1, -0.05) is 0 Å². The average Bonchev–Trinajstić information content (AvgIpc) is 3.14. The second kappa shape index (κ2) is 6.33. The Balaban J connectivity index is 1.37. The van der Waals surface area contributed by atoms with Crippen molar-refractivity contribution in [1.82, 2.24) is 24.9 Å². The summed E-state index contributed by atoms with van der Waals surface area (Å²) in [5.41, 5.74) is 3.41. The van der Waals surface area contributed by atoms with Crippen molar-refractivity contribution in [2.45, 2.75) is 25.3 Å². The van der Waals surface area contributed by atoms with Crippen LogP contribution in [-0.2, 0) is 12.8 Å². The van der Waals surface area contributed by atoms with E-state index in [0.29, 0.717) is 6.04 Å². The van der Waals surface area contributed by atoms with E-state index < -0.39 is 0 Å². The second-order valence-electron chi connectivity index (χ2n) is 6.73. The predicted molar refractivity (Wildman–Crippen MR) is 98.9 cm³/mol. The zero-order valence-electron chi connectivity index (χ0n) is 14.3. The highest BCUT2D eigenvalue weighted by Gasteiger charge is 2.30. The van der Waals surface area contributed by atoms with Gasteiger partial charge < -0.3 is 10.2 Å². The molecule has 0 saturated carbocycles. The van der Waals surface area contributed by atoms with Crippen LogP contribution in [0.25, 0.3) is 11.4 Å². The molecule has 4 heterocycles. The predicted octanol–water partition coefficient (Wildman–Crippen LogP) is 2.12. The van der Waals surface area contributed by atoms with Crippen molar-refractivity contribution in [3.63, 3.8) is 0 Å². The number of pyridine rings is 1. The molecule has 0 spiro atoms. The number of aromatic nitrogens is 5. The van der Waals surface area contributed by atoms with Gasteiger partial charge in [0, 0.05) is 48.5 Å². The second-order valence-corrected chi connectivity index (χ2v) is 6.73. The van der Waals surface area contributed by atoms with Crippen molar-refractivity contribution < 1.29 is 0 Å². The van der Waals surface area contributed by atoms with Crippen LogP contribution in [0.2, 0.25) is 0 Å². The largest absolute Gasteiger partial charge is 0.363 e. The normalized spacial score (nSPS) is 16.2. The fraction of sp³-hybridized carbons (Fsp3) is 0.316. The maximum Gasteiger partial charge on any atom is 0.163 e. The van der Waals surface area contributed by atoms with Gasteiger partial charge in [-0.3, -0.25) is 4.98 Å². The molecule has 1 saturated heterocycles. The highest BCUT2D eigenvalue weighted by atomic mass is 15.3. The monoisotopic (exact) mass is 345 g/mol. The molecular weight excluding hydrogens is 326 g/mol. The standard InChI is InChI=1S/C19H19N7/c1-4-15-16(5-1)24-18(13-3-2-7-20-9-13)25-19(15)23-14-10-26(11-14)17-6-8-21-12-22-17/h2-3,6-9,12,14H,1,4-5,10-11H2,(H,23,24,25). The molecule has 3 aromatic rings. The number of anilines is 2. The molecule has 0 radical (unpaired) electrons. The molecule has 0 unspecified atom stereocenters. The first-order chi connectivity index (χ1) is 12.9. The summed E-state index contributed by atoms with van der Waals surface area (Å²) in [6, 6.07) is 6.24. The maximum absolute atomic E-state index is 4.83. The van der Waals surface area contributed by atoms with Crippen LogP contribution in [-0.4, -0.2) is 44.1 Å². The molecule has 0 aromatic carbocycles. The third-order valence-corrected chi connectivity index (χ3v) is 4.97. The van der Waals surface area contributed by atoms with Gasteiger partial charge in [0.1, 0.15) is 18.0 Å². The van der Waals surface area contributed by atoms with Crippen LogP contribution in [0.1, 0.15) is 17.7 Å². The smallest absolute Gasteiger partial charge is 0.163 e. The summed E-state index contributed by atoms with van der Waals surface area (Å²) < 4.78 is 0. The van der Waals surface area contributed by atoms with Crippen LogP contribution >= 0.6 is 0 Å². The SMILES string of the molecule is c1cncc(-c2nc3c(c(NC4CN(c5ccncn5)C4)n2)CCC3)c1. The van der Waals surface area contributed by atoms with E-state index in [2.05, 4.69) is 25.2 Å². The first kappa shape index (κ1) is 15.2. The van der Waals surface area contributed by atoms with E-state index in [1.807, 2.05) is 24.4 Å². The Kier molecular flexibility index (Phi) is 3.70. The number of hydrogen-bond acceptors (Lipinski definition) is 7. The van der Waals surface area contributed by atoms with E-state index in [4.69, 9.17) is 9.97 Å². The lowest BCUT2D eigenvalue weighted by Gasteiger charge is -2.40. The number of hydrogen-bond donors (Lipinski definition) is 1. The highest BCUT2D eigenvalue weighted by Crippen LogP contribution is 2.30. The van der Waals surface area contributed by atoms with E-state index in [9.17, 15) is 0 Å². The third-order valence-electron chi connectivity index (χ3n) is 4.97. The number of nitrogens with zero attached hydrogens (tertiary/aromatic N) is 6. The Labute approximate surface area is 151 Å². The summed E-state index contributed by atoms with van der Waals surface area (Å²) in [4.78, 5) is 24.3. The van der Waals surface area contributed by atoms with Crippen LogP contribution in [0.5, 0.6) is 0 Å². The lowest BCUT2D eigenvalue weighted by molar-refractivity contribution is 0.542. The van der Waals surface area contributed by atoms with Gasteiger partial charge in [0.05, 0.1) is 6.04 Å². The summed E-state index contributed by atoms with van der Waals surface area (Å²) >= 11 is 0. The molecule has 7 nitrogen and oxygen atoms in total. The van der Waals surface area contributed by atoms with Gasteiger partial charge in [0.15, 0.2) is 5.82 Å². The van der Waals surface area contributed by atoms with E-state index in [1.165, 1.54) is 11.3 Å². The fourth-order valence-corrected chi connectivity index (χ4v) is 3.60. The van der Waals surface area contributed by atoms with Crippen molar-refractivity contribution in [2.24, 2.45) is 0 Å². The molecule has 1 aliphatic heterocycles. The van der Waals surface area contributed by atoms with E-state index in [0.717, 1.165) is 55.4 Å². The summed E-state index contributed by atoms with van der Waals surface area (Å²) in [5.74, 6) is 2.72. The Morgan fingerprint density at radius 1 is 1.04 bits per heavy atom. The number of aryl methyl sites for hydroxylation is 1. The Morgan fingerprint density at radius 3 is 2.81 bits per heavy atom. The fourth-order valence-electron chi connectivity index (χ4n) is 3.60. The van der Waals surface area contributed by atoms with Crippen molar-refractivity contribution >= 4 is 11.6 Å². The van der Waals surface area contributed by atoms with Gasteiger partial charge in [-0.05, 0) is 37.5 Å². The number of nitrogens with one attached hydrogen (secondary N) is 1. The zero-order valence-corrected chi connectivity index (χ0v) is 14.3.